The molecule has 0 saturated carbocycles. The molecule has 1 atom stereocenters. The van der Waals surface area contributed by atoms with E-state index in [1.807, 2.05) is 0 Å². The predicted octanol–water partition coefficient (Wildman–Crippen LogP) is 1.63. The van der Waals surface area contributed by atoms with Gasteiger partial charge in [-0.3, -0.25) is 10.1 Å². The highest BCUT2D eigenvalue weighted by atomic mass is 19.1. The standard InChI is InChI=1S/C10H13FN2O3/c1-6(12)3-7-4-8(13(14)15)5-9(11)10(7)16-2/h4-6H,3,12H2,1-2H3. The first-order valence-electron chi connectivity index (χ1n) is 4.72. The number of hydrogen-bond acceptors (Lipinski definition) is 4. The summed E-state index contributed by atoms with van der Waals surface area (Å²) >= 11 is 0. The van der Waals surface area contributed by atoms with Crippen molar-refractivity contribution in [3.63, 3.8) is 0 Å². The van der Waals surface area contributed by atoms with Crippen LogP contribution in [0.25, 0.3) is 0 Å². The summed E-state index contributed by atoms with van der Waals surface area (Å²) in [5.74, 6) is -0.727. The third-order valence-corrected chi connectivity index (χ3v) is 2.06. The lowest BCUT2D eigenvalue weighted by molar-refractivity contribution is -0.385. The zero-order valence-corrected chi connectivity index (χ0v) is 9.07. The normalized spacial score (nSPS) is 12.2. The van der Waals surface area contributed by atoms with E-state index in [1.54, 1.807) is 6.92 Å². The summed E-state index contributed by atoms with van der Waals surface area (Å²) in [4.78, 5) is 9.91. The Morgan fingerprint density at radius 3 is 2.69 bits per heavy atom. The number of nitrogens with zero attached hydrogens (tertiary/aromatic N) is 1. The molecule has 2 N–H and O–H groups in total. The molecule has 0 bridgehead atoms. The fourth-order valence-electron chi connectivity index (χ4n) is 1.47. The summed E-state index contributed by atoms with van der Waals surface area (Å²) < 4.78 is 18.3. The predicted molar refractivity (Wildman–Crippen MR) is 57.0 cm³/mol. The number of nitrogens with two attached hydrogens (primary N) is 1. The Morgan fingerprint density at radius 2 is 2.25 bits per heavy atom. The van der Waals surface area contributed by atoms with Crippen molar-refractivity contribution in [2.75, 3.05) is 7.11 Å². The number of non-ortho nitro benzene ring substituents is 1. The van der Waals surface area contributed by atoms with Gasteiger partial charge in [-0.2, -0.15) is 0 Å². The van der Waals surface area contributed by atoms with Gasteiger partial charge in [0, 0.05) is 17.7 Å². The minimum absolute atomic E-state index is 0.0166. The molecule has 0 aliphatic heterocycles. The van der Waals surface area contributed by atoms with E-state index in [2.05, 4.69) is 0 Å². The number of rotatable bonds is 4. The average Bonchev–Trinajstić information content (AvgIpc) is 2.16. The van der Waals surface area contributed by atoms with E-state index in [0.717, 1.165) is 6.07 Å². The molecule has 0 heterocycles. The second kappa shape index (κ2) is 4.89. The highest BCUT2D eigenvalue weighted by molar-refractivity contribution is 5.45. The van der Waals surface area contributed by atoms with Gasteiger partial charge in [0.05, 0.1) is 18.1 Å². The average molecular weight is 228 g/mol. The van der Waals surface area contributed by atoms with E-state index < -0.39 is 10.7 Å². The van der Waals surface area contributed by atoms with Crippen LogP contribution in [0.1, 0.15) is 12.5 Å². The first-order valence-corrected chi connectivity index (χ1v) is 4.72. The maximum Gasteiger partial charge on any atom is 0.272 e. The summed E-state index contributed by atoms with van der Waals surface area (Å²) in [6, 6.07) is 1.89. The van der Waals surface area contributed by atoms with Crippen LogP contribution in [-0.4, -0.2) is 18.1 Å². The molecule has 88 valence electrons. The van der Waals surface area contributed by atoms with Crippen molar-refractivity contribution >= 4 is 5.69 Å². The van der Waals surface area contributed by atoms with Gasteiger partial charge in [0.15, 0.2) is 11.6 Å². The molecule has 1 aromatic rings. The Labute approximate surface area is 92.2 Å². The SMILES string of the molecule is COc1c(F)cc([N+](=O)[O-])cc1CC(C)N. The molecule has 5 nitrogen and oxygen atoms in total. The van der Waals surface area contributed by atoms with Gasteiger partial charge in [0.2, 0.25) is 0 Å². The molecular weight excluding hydrogens is 215 g/mol. The van der Waals surface area contributed by atoms with Gasteiger partial charge in [-0.1, -0.05) is 0 Å². The maximum absolute atomic E-state index is 13.5. The topological polar surface area (TPSA) is 78.4 Å². The van der Waals surface area contributed by atoms with Crippen molar-refractivity contribution in [2.24, 2.45) is 5.73 Å². The first kappa shape index (κ1) is 12.4. The van der Waals surface area contributed by atoms with Gasteiger partial charge in [0.1, 0.15) is 0 Å². The summed E-state index contributed by atoms with van der Waals surface area (Å²) in [6.45, 7) is 1.73. The largest absolute Gasteiger partial charge is 0.493 e. The van der Waals surface area contributed by atoms with Crippen LogP contribution >= 0.6 is 0 Å². The Morgan fingerprint density at radius 1 is 1.62 bits per heavy atom. The van der Waals surface area contributed by atoms with Gasteiger partial charge in [0.25, 0.3) is 5.69 Å². The molecule has 1 aromatic carbocycles. The molecule has 0 spiro atoms. The van der Waals surface area contributed by atoms with Gasteiger partial charge >= 0.3 is 0 Å². The lowest BCUT2D eigenvalue weighted by atomic mass is 10.1. The van der Waals surface area contributed by atoms with Crippen molar-refractivity contribution in [3.05, 3.63) is 33.6 Å². The molecule has 0 fully saturated rings. The maximum atomic E-state index is 13.5. The number of nitro groups is 1. The zero-order chi connectivity index (χ0) is 12.3. The van der Waals surface area contributed by atoms with Crippen LogP contribution in [0.5, 0.6) is 5.75 Å². The van der Waals surface area contributed by atoms with E-state index in [9.17, 15) is 14.5 Å². The summed E-state index contributed by atoms with van der Waals surface area (Å²) in [5, 5.41) is 10.6. The smallest absolute Gasteiger partial charge is 0.272 e. The molecule has 6 heteroatoms. The summed E-state index contributed by atoms with van der Waals surface area (Å²) in [5.41, 5.74) is 5.69. The van der Waals surface area contributed by atoms with Gasteiger partial charge < -0.3 is 10.5 Å². The van der Waals surface area contributed by atoms with E-state index in [0.29, 0.717) is 12.0 Å². The van der Waals surface area contributed by atoms with Crippen molar-refractivity contribution in [1.29, 1.82) is 0 Å². The van der Waals surface area contributed by atoms with E-state index in [4.69, 9.17) is 10.5 Å². The Kier molecular flexibility index (Phi) is 3.78. The Hall–Kier alpha value is -1.69. The van der Waals surface area contributed by atoms with Crippen LogP contribution in [0, 0.1) is 15.9 Å². The minimum Gasteiger partial charge on any atom is -0.493 e. The number of methoxy groups -OCH3 is 1. The molecular formula is C10H13FN2O3. The van der Waals surface area contributed by atoms with Crippen LogP contribution in [0.4, 0.5) is 10.1 Å². The van der Waals surface area contributed by atoms with Crippen LogP contribution < -0.4 is 10.5 Å². The first-order chi connectivity index (χ1) is 7.45. The van der Waals surface area contributed by atoms with Gasteiger partial charge in [-0.15, -0.1) is 0 Å². The third-order valence-electron chi connectivity index (χ3n) is 2.06. The minimum atomic E-state index is -0.743. The summed E-state index contributed by atoms with van der Waals surface area (Å²) in [7, 11) is 1.31. The molecule has 0 aromatic heterocycles. The molecule has 0 aliphatic rings. The Bertz CT molecular complexity index is 407. The van der Waals surface area contributed by atoms with Crippen molar-refractivity contribution < 1.29 is 14.1 Å². The second-order valence-corrected chi connectivity index (χ2v) is 3.56. The highest BCUT2D eigenvalue weighted by Gasteiger charge is 2.17. The lowest BCUT2D eigenvalue weighted by Gasteiger charge is -2.11. The molecule has 1 unspecified atom stereocenters. The number of halogens is 1. The number of nitro benzene ring substituents is 1. The monoisotopic (exact) mass is 228 g/mol. The van der Waals surface area contributed by atoms with Crippen LogP contribution in [0.2, 0.25) is 0 Å². The van der Waals surface area contributed by atoms with Gasteiger partial charge in [-0.25, -0.2) is 4.39 Å². The molecule has 16 heavy (non-hydrogen) atoms. The van der Waals surface area contributed by atoms with Crippen LogP contribution in [-0.2, 0) is 6.42 Å². The van der Waals surface area contributed by atoms with E-state index in [1.165, 1.54) is 13.2 Å². The number of hydrogen-bond donors (Lipinski definition) is 1. The van der Waals surface area contributed by atoms with Crippen molar-refractivity contribution in [3.8, 4) is 5.75 Å². The van der Waals surface area contributed by atoms with Gasteiger partial charge in [-0.05, 0) is 13.3 Å². The third kappa shape index (κ3) is 2.66. The Balaban J connectivity index is 3.25. The van der Waals surface area contributed by atoms with Crippen LogP contribution in [0.3, 0.4) is 0 Å². The number of ether oxygens (including phenoxy) is 1. The van der Waals surface area contributed by atoms with Crippen molar-refractivity contribution in [2.45, 2.75) is 19.4 Å². The van der Waals surface area contributed by atoms with Crippen LogP contribution in [0.15, 0.2) is 12.1 Å². The van der Waals surface area contributed by atoms with E-state index >= 15 is 0 Å². The molecule has 0 amide bonds. The number of benzene rings is 1. The highest BCUT2D eigenvalue weighted by Crippen LogP contribution is 2.28. The zero-order valence-electron chi connectivity index (χ0n) is 9.07. The molecule has 0 radical (unpaired) electrons. The molecule has 1 rings (SSSR count). The van der Waals surface area contributed by atoms with Crippen molar-refractivity contribution in [1.82, 2.24) is 0 Å². The lowest BCUT2D eigenvalue weighted by Crippen LogP contribution is -2.18. The summed E-state index contributed by atoms with van der Waals surface area (Å²) in [6.07, 6.45) is 0.321. The fraction of sp³-hybridized carbons (Fsp3) is 0.400. The quantitative estimate of drug-likeness (QED) is 0.627. The molecule has 0 saturated heterocycles. The fourth-order valence-corrected chi connectivity index (χ4v) is 1.47. The second-order valence-electron chi connectivity index (χ2n) is 3.56. The van der Waals surface area contributed by atoms with E-state index in [-0.39, 0.29) is 17.5 Å². The molecule has 0 aliphatic carbocycles.